The summed E-state index contributed by atoms with van der Waals surface area (Å²) in [6.07, 6.45) is 6.44. The number of carbonyl (C=O) groups excluding carboxylic acids is 1. The van der Waals surface area contributed by atoms with Crippen LogP contribution in [0.1, 0.15) is 19.3 Å². The molecule has 0 saturated heterocycles. The molecule has 0 N–H and O–H groups in total. The highest BCUT2D eigenvalue weighted by molar-refractivity contribution is 9.09. The van der Waals surface area contributed by atoms with E-state index in [0.717, 1.165) is 24.6 Å². The van der Waals surface area contributed by atoms with E-state index < -0.39 is 0 Å². The van der Waals surface area contributed by atoms with E-state index in [1.807, 2.05) is 6.08 Å². The number of cyclic esters (lactones) is 1. The van der Waals surface area contributed by atoms with Crippen molar-refractivity contribution in [2.45, 2.75) is 19.3 Å². The maximum atomic E-state index is 10.9. The van der Waals surface area contributed by atoms with Crippen molar-refractivity contribution in [2.24, 2.45) is 5.92 Å². The molecule has 0 saturated carbocycles. The lowest BCUT2D eigenvalue weighted by atomic mass is 10.0. The van der Waals surface area contributed by atoms with Gasteiger partial charge in [0.05, 0.1) is 12.2 Å². The third kappa shape index (κ3) is 2.66. The number of ether oxygens (including phenoxy) is 1. The van der Waals surface area contributed by atoms with Crippen molar-refractivity contribution in [1.29, 1.82) is 0 Å². The van der Waals surface area contributed by atoms with Gasteiger partial charge in [-0.05, 0) is 18.9 Å². The Kier molecular flexibility index (Phi) is 3.63. The van der Waals surface area contributed by atoms with Crippen LogP contribution in [-0.2, 0) is 9.53 Å². The zero-order valence-corrected chi connectivity index (χ0v) is 7.84. The van der Waals surface area contributed by atoms with Crippen molar-refractivity contribution < 1.29 is 9.53 Å². The summed E-state index contributed by atoms with van der Waals surface area (Å²) in [5, 5.41) is 1.01. The fraction of sp³-hybridized carbons (Fsp3) is 0.625. The number of unbranched alkanes of at least 4 members (excludes halogenated alkanes) is 1. The van der Waals surface area contributed by atoms with Gasteiger partial charge in [-0.1, -0.05) is 22.4 Å². The largest absolute Gasteiger partial charge is 0.434 e. The van der Waals surface area contributed by atoms with Crippen LogP contribution < -0.4 is 0 Å². The molecule has 0 bridgehead atoms. The Balaban J connectivity index is 2.15. The van der Waals surface area contributed by atoms with E-state index in [0.29, 0.717) is 0 Å². The second-order valence-electron chi connectivity index (χ2n) is 2.56. The topological polar surface area (TPSA) is 26.3 Å². The lowest BCUT2D eigenvalue weighted by Gasteiger charge is -2.01. The predicted molar refractivity (Wildman–Crippen MR) is 46.4 cm³/mol. The highest BCUT2D eigenvalue weighted by atomic mass is 79.9. The quantitative estimate of drug-likeness (QED) is 0.411. The van der Waals surface area contributed by atoms with Gasteiger partial charge in [-0.15, -0.1) is 0 Å². The first kappa shape index (κ1) is 8.78. The summed E-state index contributed by atoms with van der Waals surface area (Å²) in [4.78, 5) is 10.9. The molecule has 1 aliphatic heterocycles. The molecule has 62 valence electrons. The molecule has 1 rings (SSSR count). The zero-order valence-electron chi connectivity index (χ0n) is 6.25. The summed E-state index contributed by atoms with van der Waals surface area (Å²) in [5.41, 5.74) is 0. The van der Waals surface area contributed by atoms with Crippen LogP contribution in [0.15, 0.2) is 12.3 Å². The third-order valence-electron chi connectivity index (χ3n) is 1.70. The molecule has 0 radical (unpaired) electrons. The monoisotopic (exact) mass is 218 g/mol. The molecule has 0 spiro atoms. The van der Waals surface area contributed by atoms with E-state index in [9.17, 15) is 4.79 Å². The zero-order chi connectivity index (χ0) is 8.10. The molecule has 0 aliphatic carbocycles. The van der Waals surface area contributed by atoms with Crippen LogP contribution in [0.2, 0.25) is 0 Å². The highest BCUT2D eigenvalue weighted by Crippen LogP contribution is 2.17. The van der Waals surface area contributed by atoms with Crippen molar-refractivity contribution >= 4 is 21.9 Å². The Morgan fingerprint density at radius 2 is 2.36 bits per heavy atom. The molecule has 0 aromatic carbocycles. The van der Waals surface area contributed by atoms with Crippen LogP contribution in [0, 0.1) is 5.92 Å². The normalized spacial score (nSPS) is 22.3. The van der Waals surface area contributed by atoms with E-state index >= 15 is 0 Å². The van der Waals surface area contributed by atoms with Crippen molar-refractivity contribution in [2.75, 3.05) is 5.33 Å². The van der Waals surface area contributed by atoms with Gasteiger partial charge in [0.25, 0.3) is 0 Å². The van der Waals surface area contributed by atoms with E-state index in [4.69, 9.17) is 0 Å². The summed E-state index contributed by atoms with van der Waals surface area (Å²) in [7, 11) is 0. The Bertz CT molecular complexity index is 165. The van der Waals surface area contributed by atoms with Crippen LogP contribution in [0.25, 0.3) is 0 Å². The number of hydrogen-bond acceptors (Lipinski definition) is 2. The number of carbonyl (C=O) groups is 1. The molecule has 0 fully saturated rings. The molecule has 1 unspecified atom stereocenters. The number of rotatable bonds is 4. The van der Waals surface area contributed by atoms with Gasteiger partial charge in [0.2, 0.25) is 0 Å². The molecule has 1 aliphatic rings. The van der Waals surface area contributed by atoms with Gasteiger partial charge in [0, 0.05) is 5.33 Å². The average molecular weight is 219 g/mol. The first-order valence-corrected chi connectivity index (χ1v) is 4.90. The van der Waals surface area contributed by atoms with E-state index in [1.165, 1.54) is 6.26 Å². The predicted octanol–water partition coefficient (Wildman–Crippen LogP) is 2.24. The van der Waals surface area contributed by atoms with Crippen molar-refractivity contribution in [3.8, 4) is 0 Å². The van der Waals surface area contributed by atoms with E-state index in [-0.39, 0.29) is 11.9 Å². The maximum Gasteiger partial charge on any atom is 0.317 e. The van der Waals surface area contributed by atoms with Crippen LogP contribution >= 0.6 is 15.9 Å². The second-order valence-corrected chi connectivity index (χ2v) is 3.35. The molecule has 1 atom stereocenters. The highest BCUT2D eigenvalue weighted by Gasteiger charge is 2.20. The van der Waals surface area contributed by atoms with E-state index in [2.05, 4.69) is 20.7 Å². The van der Waals surface area contributed by atoms with Gasteiger partial charge in [-0.25, -0.2) is 0 Å². The van der Waals surface area contributed by atoms with Gasteiger partial charge < -0.3 is 4.74 Å². The van der Waals surface area contributed by atoms with Crippen LogP contribution in [0.3, 0.4) is 0 Å². The average Bonchev–Trinajstić information content (AvgIpc) is 2.37. The van der Waals surface area contributed by atoms with Crippen LogP contribution in [0.5, 0.6) is 0 Å². The molecular formula is C8H11BrO2. The summed E-state index contributed by atoms with van der Waals surface area (Å²) in [5.74, 6) is -0.0753. The smallest absolute Gasteiger partial charge is 0.317 e. The van der Waals surface area contributed by atoms with Crippen LogP contribution in [0.4, 0.5) is 0 Å². The molecule has 0 aromatic rings. The number of alkyl halides is 1. The SMILES string of the molecule is O=C1OC=CC1CCCCBr. The van der Waals surface area contributed by atoms with Crippen molar-refractivity contribution in [1.82, 2.24) is 0 Å². The Morgan fingerprint density at radius 3 is 2.91 bits per heavy atom. The van der Waals surface area contributed by atoms with Crippen molar-refractivity contribution in [3.05, 3.63) is 12.3 Å². The minimum Gasteiger partial charge on any atom is -0.434 e. The fourth-order valence-corrected chi connectivity index (χ4v) is 1.44. The fourth-order valence-electron chi connectivity index (χ4n) is 1.04. The molecule has 1 heterocycles. The Morgan fingerprint density at radius 1 is 1.55 bits per heavy atom. The van der Waals surface area contributed by atoms with Crippen LogP contribution in [-0.4, -0.2) is 11.3 Å². The van der Waals surface area contributed by atoms with Crippen molar-refractivity contribution in [3.63, 3.8) is 0 Å². The lowest BCUT2D eigenvalue weighted by Crippen LogP contribution is -2.07. The summed E-state index contributed by atoms with van der Waals surface area (Å²) < 4.78 is 4.66. The second kappa shape index (κ2) is 4.54. The molecule has 3 heteroatoms. The maximum absolute atomic E-state index is 10.9. The third-order valence-corrected chi connectivity index (χ3v) is 2.26. The lowest BCUT2D eigenvalue weighted by molar-refractivity contribution is -0.139. The number of halogens is 1. The first-order chi connectivity index (χ1) is 5.34. The van der Waals surface area contributed by atoms with Gasteiger partial charge in [0.15, 0.2) is 0 Å². The van der Waals surface area contributed by atoms with E-state index in [1.54, 1.807) is 0 Å². The van der Waals surface area contributed by atoms with Gasteiger partial charge in [0.1, 0.15) is 0 Å². The molecule has 0 aromatic heterocycles. The Labute approximate surface area is 74.7 Å². The molecule has 11 heavy (non-hydrogen) atoms. The summed E-state index contributed by atoms with van der Waals surface area (Å²) in [6.45, 7) is 0. The summed E-state index contributed by atoms with van der Waals surface area (Å²) in [6, 6.07) is 0. The number of hydrogen-bond donors (Lipinski definition) is 0. The number of esters is 1. The van der Waals surface area contributed by atoms with Gasteiger partial charge in [-0.3, -0.25) is 4.79 Å². The standard InChI is InChI=1S/C8H11BrO2/c9-5-2-1-3-7-4-6-11-8(7)10/h4,6-7H,1-3,5H2. The summed E-state index contributed by atoms with van der Waals surface area (Å²) >= 11 is 3.34. The van der Waals surface area contributed by atoms with Gasteiger partial charge in [-0.2, -0.15) is 0 Å². The molecular weight excluding hydrogens is 208 g/mol. The van der Waals surface area contributed by atoms with Gasteiger partial charge >= 0.3 is 5.97 Å². The minimum atomic E-state index is -0.0976. The molecule has 0 amide bonds. The molecule has 2 nitrogen and oxygen atoms in total. The first-order valence-electron chi connectivity index (χ1n) is 3.77. The Hall–Kier alpha value is -0.310. The minimum absolute atomic E-state index is 0.0223.